The average molecular weight is 412 g/mol. The van der Waals surface area contributed by atoms with Crippen LogP contribution in [0.25, 0.3) is 0 Å². The van der Waals surface area contributed by atoms with E-state index in [1.165, 1.54) is 18.2 Å². The predicted molar refractivity (Wildman–Crippen MR) is 79.6 cm³/mol. The number of benzene rings is 2. The lowest BCUT2D eigenvalue weighted by Crippen LogP contribution is -2.23. The number of halogens is 5. The van der Waals surface area contributed by atoms with Crippen LogP contribution in [0.2, 0.25) is 0 Å². The van der Waals surface area contributed by atoms with E-state index in [1.54, 1.807) is 0 Å². The molecule has 0 fully saturated rings. The summed E-state index contributed by atoms with van der Waals surface area (Å²) in [5.41, 5.74) is -0.743. The molecule has 0 spiro atoms. The van der Waals surface area contributed by atoms with Crippen molar-refractivity contribution < 1.29 is 26.0 Å². The highest BCUT2D eigenvalue weighted by Gasteiger charge is 2.34. The van der Waals surface area contributed by atoms with Crippen molar-refractivity contribution in [3.63, 3.8) is 0 Å². The second kappa shape index (κ2) is 6.58. The summed E-state index contributed by atoms with van der Waals surface area (Å²) >= 11 is 2.74. The molecular weight excluding hydrogens is 402 g/mol. The molecule has 0 saturated heterocycles. The standard InChI is InChI=1S/C14H10BrF4NO2S/c15-13-5-4-11(7-12(13)14(17,18)19)23(21,22)20-8-9-2-1-3-10(16)6-9/h1-7,20H,8H2. The number of hydrogen-bond acceptors (Lipinski definition) is 2. The van der Waals surface area contributed by atoms with Gasteiger partial charge in [-0.25, -0.2) is 17.5 Å². The normalized spacial score (nSPS) is 12.4. The molecule has 23 heavy (non-hydrogen) atoms. The Morgan fingerprint density at radius 3 is 2.39 bits per heavy atom. The first kappa shape index (κ1) is 17.9. The summed E-state index contributed by atoms with van der Waals surface area (Å²) in [5.74, 6) is -0.537. The highest BCUT2D eigenvalue weighted by molar-refractivity contribution is 9.10. The Balaban J connectivity index is 2.26. The van der Waals surface area contributed by atoms with Gasteiger partial charge in [-0.15, -0.1) is 0 Å². The van der Waals surface area contributed by atoms with Crippen molar-refractivity contribution in [2.45, 2.75) is 17.6 Å². The van der Waals surface area contributed by atoms with E-state index in [2.05, 4.69) is 20.7 Å². The molecule has 1 N–H and O–H groups in total. The van der Waals surface area contributed by atoms with Crippen LogP contribution in [0, 0.1) is 5.82 Å². The van der Waals surface area contributed by atoms with Gasteiger partial charge in [0.05, 0.1) is 10.5 Å². The molecule has 0 bridgehead atoms. The summed E-state index contributed by atoms with van der Waals surface area (Å²) in [7, 11) is -4.16. The van der Waals surface area contributed by atoms with E-state index >= 15 is 0 Å². The maximum Gasteiger partial charge on any atom is 0.417 e. The van der Waals surface area contributed by atoms with Crippen LogP contribution in [0.3, 0.4) is 0 Å². The van der Waals surface area contributed by atoms with Gasteiger partial charge in [0.2, 0.25) is 10.0 Å². The van der Waals surface area contributed by atoms with E-state index < -0.39 is 32.5 Å². The molecule has 0 amide bonds. The van der Waals surface area contributed by atoms with E-state index in [4.69, 9.17) is 0 Å². The molecule has 0 aliphatic carbocycles. The van der Waals surface area contributed by atoms with Crippen molar-refractivity contribution in [1.82, 2.24) is 4.72 Å². The smallest absolute Gasteiger partial charge is 0.207 e. The Hall–Kier alpha value is -1.45. The molecule has 0 aromatic heterocycles. The van der Waals surface area contributed by atoms with E-state index in [0.717, 1.165) is 18.2 Å². The molecule has 2 aromatic carbocycles. The third-order valence-corrected chi connectivity index (χ3v) is 5.00. The molecule has 0 aliphatic rings. The lowest BCUT2D eigenvalue weighted by molar-refractivity contribution is -0.138. The number of alkyl halides is 3. The van der Waals surface area contributed by atoms with Crippen LogP contribution in [0.1, 0.15) is 11.1 Å². The molecular formula is C14H10BrF4NO2S. The van der Waals surface area contributed by atoms with E-state index in [0.29, 0.717) is 11.6 Å². The average Bonchev–Trinajstić information content (AvgIpc) is 2.44. The first-order valence-electron chi connectivity index (χ1n) is 6.20. The van der Waals surface area contributed by atoms with Crippen LogP contribution in [0.4, 0.5) is 17.6 Å². The predicted octanol–water partition coefficient (Wildman–Crippen LogP) is 4.09. The lowest BCUT2D eigenvalue weighted by atomic mass is 10.2. The highest BCUT2D eigenvalue weighted by Crippen LogP contribution is 2.36. The summed E-state index contributed by atoms with van der Waals surface area (Å²) in [6.07, 6.45) is -4.69. The first-order valence-corrected chi connectivity index (χ1v) is 8.48. The van der Waals surface area contributed by atoms with E-state index in [9.17, 15) is 26.0 Å². The van der Waals surface area contributed by atoms with Gasteiger partial charge in [-0.3, -0.25) is 0 Å². The van der Waals surface area contributed by atoms with Crippen molar-refractivity contribution in [2.24, 2.45) is 0 Å². The van der Waals surface area contributed by atoms with Gasteiger partial charge in [-0.05, 0) is 35.9 Å². The maximum absolute atomic E-state index is 13.0. The molecule has 0 heterocycles. The molecule has 2 rings (SSSR count). The summed E-state index contributed by atoms with van der Waals surface area (Å²) in [5, 5.41) is 0. The van der Waals surface area contributed by atoms with Gasteiger partial charge in [0.25, 0.3) is 0 Å². The second-order valence-electron chi connectivity index (χ2n) is 4.59. The Kier molecular flexibility index (Phi) is 5.12. The Labute approximate surface area is 138 Å². The quantitative estimate of drug-likeness (QED) is 0.770. The lowest BCUT2D eigenvalue weighted by Gasteiger charge is -2.12. The maximum atomic E-state index is 13.0. The van der Waals surface area contributed by atoms with Crippen LogP contribution >= 0.6 is 15.9 Å². The number of hydrogen-bond donors (Lipinski definition) is 1. The molecule has 0 unspecified atom stereocenters. The molecule has 0 aliphatic heterocycles. The fourth-order valence-electron chi connectivity index (χ4n) is 1.80. The van der Waals surface area contributed by atoms with Gasteiger partial charge >= 0.3 is 6.18 Å². The van der Waals surface area contributed by atoms with Crippen molar-refractivity contribution in [2.75, 3.05) is 0 Å². The van der Waals surface area contributed by atoms with E-state index in [1.807, 2.05) is 0 Å². The van der Waals surface area contributed by atoms with Crippen LogP contribution < -0.4 is 4.72 Å². The van der Waals surface area contributed by atoms with Crippen molar-refractivity contribution in [3.8, 4) is 0 Å². The molecule has 124 valence electrons. The number of rotatable bonds is 4. The third-order valence-electron chi connectivity index (χ3n) is 2.91. The highest BCUT2D eigenvalue weighted by atomic mass is 79.9. The minimum absolute atomic E-state index is 0.239. The van der Waals surface area contributed by atoms with Gasteiger partial charge in [-0.1, -0.05) is 28.1 Å². The molecule has 2 aromatic rings. The van der Waals surface area contributed by atoms with E-state index in [-0.39, 0.29) is 11.0 Å². The minimum atomic E-state index is -4.69. The van der Waals surface area contributed by atoms with Gasteiger partial charge in [0.15, 0.2) is 0 Å². The van der Waals surface area contributed by atoms with Gasteiger partial charge < -0.3 is 0 Å². The van der Waals surface area contributed by atoms with Crippen molar-refractivity contribution >= 4 is 26.0 Å². The summed E-state index contributed by atoms with van der Waals surface area (Å²) in [4.78, 5) is -0.524. The summed E-state index contributed by atoms with van der Waals surface area (Å²) in [6, 6.07) is 7.83. The fraction of sp³-hybridized carbons (Fsp3) is 0.143. The Morgan fingerprint density at radius 1 is 1.09 bits per heavy atom. The zero-order valence-corrected chi connectivity index (χ0v) is 13.8. The van der Waals surface area contributed by atoms with Crippen LogP contribution in [-0.4, -0.2) is 8.42 Å². The first-order chi connectivity index (χ1) is 10.6. The third kappa shape index (κ3) is 4.52. The Morgan fingerprint density at radius 2 is 1.78 bits per heavy atom. The molecule has 0 saturated carbocycles. The zero-order chi connectivity index (χ0) is 17.3. The zero-order valence-electron chi connectivity index (χ0n) is 11.4. The summed E-state index contributed by atoms with van der Waals surface area (Å²) < 4.78 is 77.6. The number of nitrogens with one attached hydrogen (secondary N) is 1. The molecule has 0 atom stereocenters. The van der Waals surface area contributed by atoms with Crippen molar-refractivity contribution in [3.05, 3.63) is 63.9 Å². The SMILES string of the molecule is O=S(=O)(NCc1cccc(F)c1)c1ccc(Br)c(C(F)(F)F)c1. The fourth-order valence-corrected chi connectivity index (χ4v) is 3.31. The van der Waals surface area contributed by atoms with Crippen LogP contribution in [0.15, 0.2) is 51.8 Å². The number of sulfonamides is 1. The second-order valence-corrected chi connectivity index (χ2v) is 7.22. The largest absolute Gasteiger partial charge is 0.417 e. The molecule has 0 radical (unpaired) electrons. The molecule has 9 heteroatoms. The topological polar surface area (TPSA) is 46.2 Å². The van der Waals surface area contributed by atoms with Gasteiger partial charge in [0.1, 0.15) is 5.82 Å². The molecule has 3 nitrogen and oxygen atoms in total. The van der Waals surface area contributed by atoms with Crippen LogP contribution in [-0.2, 0) is 22.7 Å². The van der Waals surface area contributed by atoms with Gasteiger partial charge in [-0.2, -0.15) is 13.2 Å². The minimum Gasteiger partial charge on any atom is -0.207 e. The monoisotopic (exact) mass is 411 g/mol. The van der Waals surface area contributed by atoms with Gasteiger partial charge in [0, 0.05) is 11.0 Å². The van der Waals surface area contributed by atoms with Crippen LogP contribution in [0.5, 0.6) is 0 Å². The summed E-state index contributed by atoms with van der Waals surface area (Å²) in [6.45, 7) is -0.239. The van der Waals surface area contributed by atoms with Crippen molar-refractivity contribution in [1.29, 1.82) is 0 Å². The Bertz CT molecular complexity index is 822.